The summed E-state index contributed by atoms with van der Waals surface area (Å²) >= 11 is 0. The number of rotatable bonds is 12. The monoisotopic (exact) mass is 449 g/mol. The van der Waals surface area contributed by atoms with E-state index >= 15 is 0 Å². The number of unbranched alkanes of at least 4 members (excludes halogenated alkanes) is 1. The van der Waals surface area contributed by atoms with Gasteiger partial charge in [-0.15, -0.1) is 12.3 Å². The lowest BCUT2D eigenvalue weighted by Crippen LogP contribution is -2.20. The standard InChI is InChI=1S/C26H35N3.2C2H6/c1-6-10-11-15-23(14-9-4)27-26-24(21(12-7-2)13-8-3)25(28-29-26)22-18-16-20(5)17-19-22;2*1-2/h1,7,12,16-19,23H,2,8-11,13-15H2,3-5H3,(H2,27,28,29);2*1-2H3/b21-12+;;. The molecule has 0 bridgehead atoms. The maximum absolute atomic E-state index is 5.45. The second kappa shape index (κ2) is 18.8. The summed E-state index contributed by atoms with van der Waals surface area (Å²) in [5.74, 6) is 3.68. The first-order valence-electron chi connectivity index (χ1n) is 12.8. The summed E-state index contributed by atoms with van der Waals surface area (Å²) in [6.07, 6.45) is 16.6. The second-order valence-corrected chi connectivity index (χ2v) is 7.59. The second-order valence-electron chi connectivity index (χ2n) is 7.59. The molecule has 2 aromatic rings. The molecule has 1 atom stereocenters. The molecule has 0 aliphatic rings. The first kappa shape index (κ1) is 30.3. The number of nitrogens with zero attached hydrogens (tertiary/aromatic N) is 1. The van der Waals surface area contributed by atoms with E-state index in [4.69, 9.17) is 11.5 Å². The van der Waals surface area contributed by atoms with Crippen molar-refractivity contribution in [3.63, 3.8) is 0 Å². The summed E-state index contributed by atoms with van der Waals surface area (Å²) in [7, 11) is 0. The van der Waals surface area contributed by atoms with Crippen LogP contribution >= 0.6 is 0 Å². The van der Waals surface area contributed by atoms with Crippen LogP contribution in [-0.2, 0) is 0 Å². The maximum Gasteiger partial charge on any atom is 0.156 e. The highest BCUT2D eigenvalue weighted by Gasteiger charge is 2.20. The number of allylic oxidation sites excluding steroid dienone is 3. The van der Waals surface area contributed by atoms with Gasteiger partial charge in [0.15, 0.2) is 5.82 Å². The number of H-pyrrole nitrogens is 1. The van der Waals surface area contributed by atoms with Gasteiger partial charge in [0.05, 0.1) is 5.69 Å². The van der Waals surface area contributed by atoms with Crippen molar-refractivity contribution in [1.29, 1.82) is 0 Å². The molecule has 0 spiro atoms. The van der Waals surface area contributed by atoms with E-state index in [2.05, 4.69) is 74.0 Å². The highest BCUT2D eigenvalue weighted by atomic mass is 15.2. The summed E-state index contributed by atoms with van der Waals surface area (Å²) in [6.45, 7) is 18.5. The summed E-state index contributed by atoms with van der Waals surface area (Å²) in [5, 5.41) is 11.7. The average Bonchev–Trinajstić information content (AvgIpc) is 3.25. The van der Waals surface area contributed by atoms with Crippen LogP contribution in [0.2, 0.25) is 0 Å². The van der Waals surface area contributed by atoms with Crippen LogP contribution in [0.5, 0.6) is 0 Å². The van der Waals surface area contributed by atoms with Crippen LogP contribution in [0.3, 0.4) is 0 Å². The van der Waals surface area contributed by atoms with Crippen LogP contribution in [0.25, 0.3) is 16.8 Å². The van der Waals surface area contributed by atoms with E-state index in [1.165, 1.54) is 11.1 Å². The number of aryl methyl sites for hydroxylation is 1. The van der Waals surface area contributed by atoms with Crippen molar-refractivity contribution in [3.05, 3.63) is 54.1 Å². The smallest absolute Gasteiger partial charge is 0.156 e. The number of aromatic nitrogens is 2. The van der Waals surface area contributed by atoms with Crippen molar-refractivity contribution < 1.29 is 0 Å². The minimum absolute atomic E-state index is 0.368. The fourth-order valence-corrected chi connectivity index (χ4v) is 3.67. The van der Waals surface area contributed by atoms with Crippen LogP contribution in [-0.4, -0.2) is 16.2 Å². The Morgan fingerprint density at radius 2 is 1.79 bits per heavy atom. The van der Waals surface area contributed by atoms with Gasteiger partial charge in [-0.25, -0.2) is 0 Å². The van der Waals surface area contributed by atoms with Gasteiger partial charge in [-0.05, 0) is 38.2 Å². The van der Waals surface area contributed by atoms with Crippen molar-refractivity contribution >= 4 is 11.4 Å². The van der Waals surface area contributed by atoms with Gasteiger partial charge in [-0.2, -0.15) is 5.10 Å². The van der Waals surface area contributed by atoms with Gasteiger partial charge in [0.2, 0.25) is 0 Å². The molecule has 3 nitrogen and oxygen atoms in total. The van der Waals surface area contributed by atoms with E-state index < -0.39 is 0 Å². The van der Waals surface area contributed by atoms with Gasteiger partial charge < -0.3 is 5.32 Å². The first-order valence-corrected chi connectivity index (χ1v) is 12.8. The van der Waals surface area contributed by atoms with E-state index in [0.717, 1.165) is 67.6 Å². The molecule has 33 heavy (non-hydrogen) atoms. The number of nitrogens with one attached hydrogen (secondary N) is 2. The van der Waals surface area contributed by atoms with Crippen LogP contribution in [0.15, 0.2) is 43.0 Å². The molecule has 0 aliphatic carbocycles. The summed E-state index contributed by atoms with van der Waals surface area (Å²) in [5.41, 5.74) is 5.88. The molecule has 1 aromatic heterocycles. The van der Waals surface area contributed by atoms with E-state index in [9.17, 15) is 0 Å². The van der Waals surface area contributed by atoms with Crippen molar-refractivity contribution in [2.75, 3.05) is 5.32 Å². The van der Waals surface area contributed by atoms with Crippen LogP contribution in [0, 0.1) is 19.3 Å². The minimum Gasteiger partial charge on any atom is -0.365 e. The zero-order valence-corrected chi connectivity index (χ0v) is 22.2. The molecule has 182 valence electrons. The zero-order chi connectivity index (χ0) is 25.1. The Morgan fingerprint density at radius 1 is 1.12 bits per heavy atom. The van der Waals surface area contributed by atoms with Gasteiger partial charge in [-0.3, -0.25) is 5.10 Å². The predicted molar refractivity (Wildman–Crippen MR) is 150 cm³/mol. The van der Waals surface area contributed by atoms with Crippen molar-refractivity contribution in [2.24, 2.45) is 0 Å². The Bertz CT molecular complexity index is 834. The Morgan fingerprint density at radius 3 is 2.33 bits per heavy atom. The number of aromatic amines is 1. The summed E-state index contributed by atoms with van der Waals surface area (Å²) < 4.78 is 0. The van der Waals surface area contributed by atoms with E-state index in [-0.39, 0.29) is 0 Å². The molecule has 1 aromatic carbocycles. The highest BCUT2D eigenvalue weighted by molar-refractivity contribution is 5.86. The SMILES string of the molecule is C#CCCCC(CCC)Nc1n[nH]c(-c2ccc(C)cc2)c1/C(=C/C=C)CCC.CC.CC. The fraction of sp³-hybridized carbons (Fsp3) is 0.500. The summed E-state index contributed by atoms with van der Waals surface area (Å²) in [4.78, 5) is 0. The highest BCUT2D eigenvalue weighted by Crippen LogP contribution is 2.36. The van der Waals surface area contributed by atoms with Crippen LogP contribution < -0.4 is 5.32 Å². The van der Waals surface area contributed by atoms with Crippen LogP contribution in [0.4, 0.5) is 5.82 Å². The molecule has 0 amide bonds. The van der Waals surface area contributed by atoms with Gasteiger partial charge in [0.25, 0.3) is 0 Å². The van der Waals surface area contributed by atoms with Crippen molar-refractivity contribution in [3.8, 4) is 23.6 Å². The van der Waals surface area contributed by atoms with Gasteiger partial charge in [0, 0.05) is 23.6 Å². The molecule has 1 unspecified atom stereocenters. The normalized spacial score (nSPS) is 11.3. The zero-order valence-electron chi connectivity index (χ0n) is 22.2. The van der Waals surface area contributed by atoms with E-state index in [0.29, 0.717) is 6.04 Å². The molecular weight excluding hydrogens is 402 g/mol. The molecular formula is C30H47N3. The third kappa shape index (κ3) is 10.2. The third-order valence-corrected chi connectivity index (χ3v) is 5.12. The fourth-order valence-electron chi connectivity index (χ4n) is 3.67. The first-order chi connectivity index (χ1) is 16.1. The molecule has 2 N–H and O–H groups in total. The Balaban J connectivity index is 0.00000242. The van der Waals surface area contributed by atoms with E-state index in [1.807, 2.05) is 33.8 Å². The molecule has 2 rings (SSSR count). The molecule has 0 saturated carbocycles. The largest absolute Gasteiger partial charge is 0.365 e. The van der Waals surface area contributed by atoms with Crippen molar-refractivity contribution in [1.82, 2.24) is 10.2 Å². The Hall–Kier alpha value is -2.73. The number of anilines is 1. The number of hydrogen-bond donors (Lipinski definition) is 2. The van der Waals surface area contributed by atoms with Gasteiger partial charge in [-0.1, -0.05) is 103 Å². The lowest BCUT2D eigenvalue weighted by atomic mass is 9.96. The minimum atomic E-state index is 0.368. The lowest BCUT2D eigenvalue weighted by molar-refractivity contribution is 0.573. The molecule has 0 fully saturated rings. The molecule has 0 radical (unpaired) electrons. The van der Waals surface area contributed by atoms with Crippen molar-refractivity contribution in [2.45, 2.75) is 99.5 Å². The Kier molecular flexibility index (Phi) is 17.2. The number of terminal acetylenes is 1. The average molecular weight is 450 g/mol. The lowest BCUT2D eigenvalue weighted by Gasteiger charge is -2.19. The number of benzene rings is 1. The van der Waals surface area contributed by atoms with Crippen LogP contribution in [0.1, 0.15) is 97.6 Å². The molecule has 1 heterocycles. The third-order valence-electron chi connectivity index (χ3n) is 5.12. The molecule has 3 heteroatoms. The maximum atomic E-state index is 5.45. The summed E-state index contributed by atoms with van der Waals surface area (Å²) in [6, 6.07) is 8.97. The predicted octanol–water partition coefficient (Wildman–Crippen LogP) is 9.19. The Labute approximate surface area is 204 Å². The molecule has 0 aliphatic heterocycles. The quantitative estimate of drug-likeness (QED) is 0.192. The van der Waals surface area contributed by atoms with Gasteiger partial charge >= 0.3 is 0 Å². The topological polar surface area (TPSA) is 40.7 Å². The van der Waals surface area contributed by atoms with E-state index in [1.54, 1.807) is 0 Å². The van der Waals surface area contributed by atoms with Gasteiger partial charge in [0.1, 0.15) is 0 Å². The molecule has 0 saturated heterocycles. The number of hydrogen-bond acceptors (Lipinski definition) is 2.